The molecule has 1 heterocycles. The van der Waals surface area contributed by atoms with Gasteiger partial charge in [0.25, 0.3) is 0 Å². The first-order chi connectivity index (χ1) is 9.67. The molecular weight excluding hydrogens is 308 g/mol. The van der Waals surface area contributed by atoms with Crippen LogP contribution in [0.3, 0.4) is 0 Å². The minimum Gasteiger partial charge on any atom is -0.315 e. The molecule has 1 saturated heterocycles. The second-order valence-corrected chi connectivity index (χ2v) is 6.82. The lowest BCUT2D eigenvalue weighted by atomic mass is 10.1. The van der Waals surface area contributed by atoms with Crippen LogP contribution in [0.1, 0.15) is 12.8 Å². The fourth-order valence-electron chi connectivity index (χ4n) is 2.67. The number of fused-ring (bicyclic) bond motifs is 1. The molecular formula is C15H19ClN2O2S. The van der Waals surface area contributed by atoms with E-state index in [2.05, 4.69) is 10.0 Å². The maximum Gasteiger partial charge on any atom is 0.241 e. The topological polar surface area (TPSA) is 58.2 Å². The summed E-state index contributed by atoms with van der Waals surface area (Å²) in [5, 5.41) is 4.93. The van der Waals surface area contributed by atoms with Gasteiger partial charge in [-0.25, -0.2) is 13.1 Å². The lowest BCUT2D eigenvalue weighted by molar-refractivity contribution is 0.429. The van der Waals surface area contributed by atoms with Crippen molar-refractivity contribution in [1.82, 2.24) is 10.0 Å². The molecule has 0 amide bonds. The smallest absolute Gasteiger partial charge is 0.241 e. The first-order valence-electron chi connectivity index (χ1n) is 6.88. The Morgan fingerprint density at radius 3 is 2.62 bits per heavy atom. The van der Waals surface area contributed by atoms with Gasteiger partial charge in [-0.1, -0.05) is 36.4 Å². The highest BCUT2D eigenvalue weighted by molar-refractivity contribution is 7.89. The lowest BCUT2D eigenvalue weighted by Crippen LogP contribution is -2.45. The van der Waals surface area contributed by atoms with E-state index in [1.807, 2.05) is 30.3 Å². The van der Waals surface area contributed by atoms with Crippen molar-refractivity contribution in [2.24, 2.45) is 0 Å². The van der Waals surface area contributed by atoms with Crippen molar-refractivity contribution in [3.63, 3.8) is 0 Å². The van der Waals surface area contributed by atoms with Crippen molar-refractivity contribution in [2.45, 2.75) is 23.8 Å². The van der Waals surface area contributed by atoms with Gasteiger partial charge in [0.2, 0.25) is 10.0 Å². The fourth-order valence-corrected chi connectivity index (χ4v) is 4.17. The zero-order valence-corrected chi connectivity index (χ0v) is 13.2. The number of sulfonamides is 1. The molecule has 3 rings (SSSR count). The van der Waals surface area contributed by atoms with Crippen LogP contribution in [-0.2, 0) is 10.0 Å². The Labute approximate surface area is 131 Å². The molecule has 2 N–H and O–H groups in total. The number of piperidine rings is 1. The highest BCUT2D eigenvalue weighted by Crippen LogP contribution is 2.23. The van der Waals surface area contributed by atoms with Crippen LogP contribution in [0.2, 0.25) is 0 Å². The molecule has 0 saturated carbocycles. The molecule has 114 valence electrons. The lowest BCUT2D eigenvalue weighted by Gasteiger charge is -2.23. The minimum atomic E-state index is -3.48. The summed E-state index contributed by atoms with van der Waals surface area (Å²) in [6.45, 7) is 1.66. The van der Waals surface area contributed by atoms with Crippen LogP contribution in [0, 0.1) is 0 Å². The van der Waals surface area contributed by atoms with E-state index < -0.39 is 10.0 Å². The number of rotatable bonds is 3. The molecule has 0 aliphatic carbocycles. The molecule has 4 nitrogen and oxygen atoms in total. The second kappa shape index (κ2) is 6.75. The van der Waals surface area contributed by atoms with E-state index in [9.17, 15) is 8.42 Å². The maximum absolute atomic E-state index is 12.6. The van der Waals surface area contributed by atoms with Crippen LogP contribution in [0.15, 0.2) is 47.4 Å². The minimum absolute atomic E-state index is 0. The predicted molar refractivity (Wildman–Crippen MR) is 87.4 cm³/mol. The van der Waals surface area contributed by atoms with Crippen molar-refractivity contribution in [3.8, 4) is 0 Å². The van der Waals surface area contributed by atoms with E-state index in [0.717, 1.165) is 30.2 Å². The quantitative estimate of drug-likeness (QED) is 0.910. The first-order valence-corrected chi connectivity index (χ1v) is 8.36. The number of benzene rings is 2. The summed E-state index contributed by atoms with van der Waals surface area (Å²) in [4.78, 5) is 0.362. The van der Waals surface area contributed by atoms with Crippen LogP contribution >= 0.6 is 12.4 Å². The summed E-state index contributed by atoms with van der Waals surface area (Å²) >= 11 is 0. The van der Waals surface area contributed by atoms with E-state index in [1.54, 1.807) is 12.1 Å². The summed E-state index contributed by atoms with van der Waals surface area (Å²) in [7, 11) is -3.48. The van der Waals surface area contributed by atoms with Crippen molar-refractivity contribution >= 4 is 33.2 Å². The standard InChI is InChI=1S/C15H18N2O2S.ClH/c18-20(19,17-13-7-4-10-16-11-13)15-9-3-6-12-5-1-2-8-14(12)15;/h1-3,5-6,8-9,13,16-17H,4,7,10-11H2;1H. The molecule has 1 atom stereocenters. The summed E-state index contributed by atoms with van der Waals surface area (Å²) in [6.07, 6.45) is 1.89. The number of hydrogen-bond acceptors (Lipinski definition) is 3. The van der Waals surface area contributed by atoms with Gasteiger partial charge in [-0.3, -0.25) is 0 Å². The average Bonchev–Trinajstić information content (AvgIpc) is 2.47. The zero-order chi connectivity index (χ0) is 14.0. The van der Waals surface area contributed by atoms with Crippen LogP contribution in [0.25, 0.3) is 10.8 Å². The third-order valence-electron chi connectivity index (χ3n) is 3.66. The molecule has 0 aromatic heterocycles. The zero-order valence-electron chi connectivity index (χ0n) is 11.6. The molecule has 2 aromatic carbocycles. The Hall–Kier alpha value is -1.14. The molecule has 6 heteroatoms. The van der Waals surface area contributed by atoms with Gasteiger partial charge in [0.05, 0.1) is 4.90 Å². The fraction of sp³-hybridized carbons (Fsp3) is 0.333. The van der Waals surface area contributed by atoms with Gasteiger partial charge in [-0.05, 0) is 30.8 Å². The summed E-state index contributed by atoms with van der Waals surface area (Å²) in [6, 6.07) is 12.9. The van der Waals surface area contributed by atoms with E-state index in [-0.39, 0.29) is 18.4 Å². The van der Waals surface area contributed by atoms with Gasteiger partial charge in [0.15, 0.2) is 0 Å². The largest absolute Gasteiger partial charge is 0.315 e. The van der Waals surface area contributed by atoms with Crippen molar-refractivity contribution in [2.75, 3.05) is 13.1 Å². The molecule has 1 aliphatic rings. The maximum atomic E-state index is 12.6. The molecule has 21 heavy (non-hydrogen) atoms. The normalized spacial score (nSPS) is 19.1. The van der Waals surface area contributed by atoms with Crippen molar-refractivity contribution in [1.29, 1.82) is 0 Å². The molecule has 0 radical (unpaired) electrons. The first kappa shape index (κ1) is 16.2. The monoisotopic (exact) mass is 326 g/mol. The molecule has 1 unspecified atom stereocenters. The Morgan fingerprint density at radius 2 is 1.86 bits per heavy atom. The third-order valence-corrected chi connectivity index (χ3v) is 5.24. The second-order valence-electron chi connectivity index (χ2n) is 5.14. The molecule has 0 spiro atoms. The molecule has 1 fully saturated rings. The number of hydrogen-bond donors (Lipinski definition) is 2. The predicted octanol–water partition coefficient (Wildman–Crippen LogP) is 2.29. The third kappa shape index (κ3) is 3.55. The number of nitrogens with one attached hydrogen (secondary N) is 2. The van der Waals surface area contributed by atoms with Gasteiger partial charge in [0.1, 0.15) is 0 Å². The molecule has 0 bridgehead atoms. The van der Waals surface area contributed by atoms with E-state index in [4.69, 9.17) is 0 Å². The van der Waals surface area contributed by atoms with Gasteiger partial charge in [-0.2, -0.15) is 0 Å². The highest BCUT2D eigenvalue weighted by atomic mass is 35.5. The van der Waals surface area contributed by atoms with Crippen LogP contribution in [-0.4, -0.2) is 27.5 Å². The van der Waals surface area contributed by atoms with Crippen LogP contribution in [0.4, 0.5) is 0 Å². The van der Waals surface area contributed by atoms with Gasteiger partial charge in [-0.15, -0.1) is 12.4 Å². The SMILES string of the molecule is Cl.O=S(=O)(NC1CCCNC1)c1cccc2ccccc12. The Balaban J connectivity index is 0.00000161. The molecule has 1 aliphatic heterocycles. The Morgan fingerprint density at radius 1 is 1.10 bits per heavy atom. The summed E-state index contributed by atoms with van der Waals surface area (Å²) < 4.78 is 28.0. The van der Waals surface area contributed by atoms with E-state index in [0.29, 0.717) is 11.4 Å². The van der Waals surface area contributed by atoms with Crippen molar-refractivity contribution < 1.29 is 8.42 Å². The van der Waals surface area contributed by atoms with Crippen molar-refractivity contribution in [3.05, 3.63) is 42.5 Å². The average molecular weight is 327 g/mol. The van der Waals surface area contributed by atoms with Gasteiger partial charge in [0, 0.05) is 18.0 Å². The van der Waals surface area contributed by atoms with Crippen LogP contribution in [0.5, 0.6) is 0 Å². The van der Waals surface area contributed by atoms with E-state index >= 15 is 0 Å². The van der Waals surface area contributed by atoms with E-state index in [1.165, 1.54) is 0 Å². The Kier molecular flexibility index (Phi) is 5.22. The summed E-state index contributed by atoms with van der Waals surface area (Å²) in [5.41, 5.74) is 0. The molecule has 2 aromatic rings. The number of halogens is 1. The van der Waals surface area contributed by atoms with Gasteiger partial charge >= 0.3 is 0 Å². The van der Waals surface area contributed by atoms with Gasteiger partial charge < -0.3 is 5.32 Å². The Bertz CT molecular complexity index is 707. The highest BCUT2D eigenvalue weighted by Gasteiger charge is 2.22. The van der Waals surface area contributed by atoms with Crippen LogP contribution < -0.4 is 10.0 Å². The summed E-state index contributed by atoms with van der Waals surface area (Å²) in [5.74, 6) is 0.